The molecule has 0 fully saturated rings. The Bertz CT molecular complexity index is 1180. The van der Waals surface area contributed by atoms with Crippen LogP contribution in [0.1, 0.15) is 43.2 Å². The predicted octanol–water partition coefficient (Wildman–Crippen LogP) is 6.55. The van der Waals surface area contributed by atoms with Gasteiger partial charge in [0.1, 0.15) is 11.5 Å². The number of aliphatic imine (C=N–C) groups is 1. The van der Waals surface area contributed by atoms with Gasteiger partial charge in [0.15, 0.2) is 5.70 Å². The van der Waals surface area contributed by atoms with E-state index in [0.29, 0.717) is 22.4 Å². The standard InChI is InChI=1S/C25H22ClNO3/c1-15-5-6-17(13-20(15)26)22-12-11-19(29-22)14-21-24(28)30-23(27-21)16-7-9-18(10-8-16)25(2,3)4/h5-14H,1-4H3/b21-14+. The number of nitrogens with zero attached hydrogens (tertiary/aromatic N) is 1. The van der Waals surface area contributed by atoms with E-state index in [-0.39, 0.29) is 11.1 Å². The summed E-state index contributed by atoms with van der Waals surface area (Å²) >= 11 is 6.20. The van der Waals surface area contributed by atoms with Crippen LogP contribution in [0, 0.1) is 6.92 Å². The van der Waals surface area contributed by atoms with Crippen molar-refractivity contribution in [3.05, 3.63) is 87.8 Å². The zero-order chi connectivity index (χ0) is 21.5. The van der Waals surface area contributed by atoms with Crippen molar-refractivity contribution in [2.75, 3.05) is 0 Å². The van der Waals surface area contributed by atoms with E-state index in [1.54, 1.807) is 12.1 Å². The summed E-state index contributed by atoms with van der Waals surface area (Å²) in [5.41, 5.74) is 4.08. The first-order valence-electron chi connectivity index (χ1n) is 9.70. The summed E-state index contributed by atoms with van der Waals surface area (Å²) in [5.74, 6) is 0.976. The molecule has 0 saturated carbocycles. The van der Waals surface area contributed by atoms with Crippen molar-refractivity contribution in [1.29, 1.82) is 0 Å². The molecule has 0 aliphatic carbocycles. The Morgan fingerprint density at radius 1 is 0.967 bits per heavy atom. The van der Waals surface area contributed by atoms with E-state index in [0.717, 1.165) is 16.7 Å². The zero-order valence-corrected chi connectivity index (χ0v) is 18.1. The molecule has 1 aromatic heterocycles. The van der Waals surface area contributed by atoms with E-state index < -0.39 is 5.97 Å². The molecule has 152 valence electrons. The van der Waals surface area contributed by atoms with Gasteiger partial charge < -0.3 is 9.15 Å². The van der Waals surface area contributed by atoms with Gasteiger partial charge in [0.2, 0.25) is 5.90 Å². The number of hydrogen-bond donors (Lipinski definition) is 0. The molecule has 4 rings (SSSR count). The molecule has 0 N–H and O–H groups in total. The quantitative estimate of drug-likeness (QED) is 0.357. The van der Waals surface area contributed by atoms with Crippen LogP contribution in [0.3, 0.4) is 0 Å². The van der Waals surface area contributed by atoms with Crippen LogP contribution < -0.4 is 0 Å². The first-order chi connectivity index (χ1) is 14.2. The van der Waals surface area contributed by atoms with Crippen LogP contribution in [0.15, 0.2) is 69.7 Å². The Hall–Kier alpha value is -3.11. The molecule has 5 heteroatoms. The summed E-state index contributed by atoms with van der Waals surface area (Å²) in [6, 6.07) is 17.3. The van der Waals surface area contributed by atoms with E-state index >= 15 is 0 Å². The molecule has 4 nitrogen and oxygen atoms in total. The second-order valence-electron chi connectivity index (χ2n) is 8.33. The summed E-state index contributed by atoms with van der Waals surface area (Å²) in [4.78, 5) is 16.6. The number of rotatable bonds is 3. The highest BCUT2D eigenvalue weighted by Crippen LogP contribution is 2.29. The lowest BCUT2D eigenvalue weighted by molar-refractivity contribution is -0.129. The molecule has 0 unspecified atom stereocenters. The maximum absolute atomic E-state index is 12.3. The van der Waals surface area contributed by atoms with Crippen LogP contribution in [0.4, 0.5) is 0 Å². The lowest BCUT2D eigenvalue weighted by Crippen LogP contribution is -2.11. The number of cyclic esters (lactones) is 1. The van der Waals surface area contributed by atoms with Gasteiger partial charge in [-0.05, 0) is 53.8 Å². The van der Waals surface area contributed by atoms with Gasteiger partial charge in [0.25, 0.3) is 0 Å². The van der Waals surface area contributed by atoms with Crippen LogP contribution in [-0.2, 0) is 14.9 Å². The van der Waals surface area contributed by atoms with Gasteiger partial charge in [0.05, 0.1) is 0 Å². The van der Waals surface area contributed by atoms with Crippen molar-refractivity contribution in [2.24, 2.45) is 4.99 Å². The molecule has 0 bridgehead atoms. The van der Waals surface area contributed by atoms with Crippen molar-refractivity contribution < 1.29 is 13.9 Å². The molecule has 3 aromatic rings. The van der Waals surface area contributed by atoms with Gasteiger partial charge in [-0.2, -0.15) is 0 Å². The van der Waals surface area contributed by atoms with E-state index in [9.17, 15) is 4.79 Å². The molecule has 0 saturated heterocycles. The summed E-state index contributed by atoms with van der Waals surface area (Å²) in [6.07, 6.45) is 1.58. The van der Waals surface area contributed by atoms with E-state index in [2.05, 4.69) is 25.8 Å². The average molecular weight is 420 g/mol. The first-order valence-corrected chi connectivity index (χ1v) is 10.1. The monoisotopic (exact) mass is 419 g/mol. The van der Waals surface area contributed by atoms with E-state index in [4.69, 9.17) is 20.8 Å². The highest BCUT2D eigenvalue weighted by atomic mass is 35.5. The fourth-order valence-corrected chi connectivity index (χ4v) is 3.29. The number of benzene rings is 2. The van der Waals surface area contributed by atoms with Gasteiger partial charge >= 0.3 is 5.97 Å². The molecular formula is C25H22ClNO3. The molecule has 1 aliphatic heterocycles. The van der Waals surface area contributed by atoms with Gasteiger partial charge in [-0.15, -0.1) is 0 Å². The van der Waals surface area contributed by atoms with Crippen molar-refractivity contribution in [2.45, 2.75) is 33.1 Å². The molecule has 1 aliphatic rings. The zero-order valence-electron chi connectivity index (χ0n) is 17.3. The van der Waals surface area contributed by atoms with Gasteiger partial charge in [-0.1, -0.05) is 56.6 Å². The third-order valence-corrected chi connectivity index (χ3v) is 5.39. The Morgan fingerprint density at radius 2 is 1.67 bits per heavy atom. The third-order valence-electron chi connectivity index (χ3n) is 4.98. The highest BCUT2D eigenvalue weighted by molar-refractivity contribution is 6.31. The van der Waals surface area contributed by atoms with Gasteiger partial charge in [-0.3, -0.25) is 0 Å². The number of carbonyl (C=O) groups is 1. The second-order valence-corrected chi connectivity index (χ2v) is 8.74. The van der Waals surface area contributed by atoms with Crippen molar-refractivity contribution >= 4 is 29.5 Å². The number of ether oxygens (including phenoxy) is 1. The smallest absolute Gasteiger partial charge is 0.363 e. The minimum Gasteiger partial charge on any atom is -0.457 e. The maximum atomic E-state index is 12.3. The Morgan fingerprint density at radius 3 is 2.33 bits per heavy atom. The van der Waals surface area contributed by atoms with Crippen molar-refractivity contribution in [3.8, 4) is 11.3 Å². The fraction of sp³-hybridized carbons (Fsp3) is 0.200. The molecule has 0 amide bonds. The molecule has 0 atom stereocenters. The maximum Gasteiger partial charge on any atom is 0.363 e. The summed E-state index contributed by atoms with van der Waals surface area (Å²) in [6.45, 7) is 8.40. The Balaban J connectivity index is 1.58. The summed E-state index contributed by atoms with van der Waals surface area (Å²) < 4.78 is 11.2. The molecule has 30 heavy (non-hydrogen) atoms. The molecule has 2 heterocycles. The first kappa shape index (κ1) is 20.2. The van der Waals surface area contributed by atoms with E-state index in [1.807, 2.05) is 55.5 Å². The minimum atomic E-state index is -0.499. The van der Waals surface area contributed by atoms with Crippen LogP contribution in [0.25, 0.3) is 17.4 Å². The minimum absolute atomic E-state index is 0.0520. The predicted molar refractivity (Wildman–Crippen MR) is 120 cm³/mol. The number of aryl methyl sites for hydroxylation is 1. The van der Waals surface area contributed by atoms with Crippen LogP contribution in [0.5, 0.6) is 0 Å². The lowest BCUT2D eigenvalue weighted by Gasteiger charge is -2.18. The SMILES string of the molecule is Cc1ccc(-c2ccc(/C=C3/N=C(c4ccc(C(C)(C)C)cc4)OC3=O)o2)cc1Cl. The fourth-order valence-electron chi connectivity index (χ4n) is 3.11. The number of furan rings is 1. The topological polar surface area (TPSA) is 51.8 Å². The van der Waals surface area contributed by atoms with Crippen LogP contribution in [-0.4, -0.2) is 11.9 Å². The van der Waals surface area contributed by atoms with Gasteiger partial charge in [-0.25, -0.2) is 9.79 Å². The number of carbonyl (C=O) groups excluding carboxylic acids is 1. The van der Waals surface area contributed by atoms with E-state index in [1.165, 1.54) is 5.56 Å². The Kier molecular flexibility index (Phi) is 5.12. The molecule has 0 spiro atoms. The Labute approximate surface area is 180 Å². The molecule has 0 radical (unpaired) electrons. The third kappa shape index (κ3) is 4.10. The van der Waals surface area contributed by atoms with Crippen LogP contribution >= 0.6 is 11.6 Å². The summed E-state index contributed by atoms with van der Waals surface area (Å²) in [7, 11) is 0. The molecule has 2 aromatic carbocycles. The number of halogens is 1. The van der Waals surface area contributed by atoms with Crippen molar-refractivity contribution in [1.82, 2.24) is 0 Å². The van der Waals surface area contributed by atoms with Crippen molar-refractivity contribution in [3.63, 3.8) is 0 Å². The lowest BCUT2D eigenvalue weighted by atomic mass is 9.87. The number of hydrogen-bond acceptors (Lipinski definition) is 4. The summed E-state index contributed by atoms with van der Waals surface area (Å²) in [5, 5.41) is 0.676. The van der Waals surface area contributed by atoms with Gasteiger partial charge in [0, 0.05) is 22.2 Å². The largest absolute Gasteiger partial charge is 0.457 e. The second kappa shape index (κ2) is 7.62. The van der Waals surface area contributed by atoms with Crippen LogP contribution in [0.2, 0.25) is 5.02 Å². The highest BCUT2D eigenvalue weighted by Gasteiger charge is 2.25. The molecular weight excluding hydrogens is 398 g/mol. The average Bonchev–Trinajstić information content (AvgIpc) is 3.31. The number of esters is 1. The normalized spacial score (nSPS) is 15.4.